The van der Waals surface area contributed by atoms with Crippen LogP contribution in [0.5, 0.6) is 0 Å². The van der Waals surface area contributed by atoms with Gasteiger partial charge in [-0.3, -0.25) is 4.79 Å². The predicted molar refractivity (Wildman–Crippen MR) is 50.8 cm³/mol. The Hall–Kier alpha value is -2.05. The third-order valence-electron chi connectivity index (χ3n) is 2.03. The molecule has 0 fully saturated rings. The van der Waals surface area contributed by atoms with Crippen molar-refractivity contribution in [3.05, 3.63) is 24.3 Å². The van der Waals surface area contributed by atoms with Crippen molar-refractivity contribution >= 4 is 22.9 Å². The Balaban J connectivity index is 2.69. The maximum Gasteiger partial charge on any atom is 0.472 e. The van der Waals surface area contributed by atoms with Gasteiger partial charge in [-0.15, -0.1) is 0 Å². The van der Waals surface area contributed by atoms with Crippen molar-refractivity contribution in [2.75, 3.05) is 5.73 Å². The van der Waals surface area contributed by atoms with Gasteiger partial charge in [-0.25, -0.2) is 9.55 Å². The molecular weight excluding hydrogens is 223 g/mol. The van der Waals surface area contributed by atoms with Crippen LogP contribution in [0, 0.1) is 0 Å². The number of benzene rings is 1. The molecule has 0 amide bonds. The number of nitrogen functional groups attached to an aromatic ring is 1. The van der Waals surface area contributed by atoms with Gasteiger partial charge in [0.25, 0.3) is 0 Å². The average Bonchev–Trinajstić information content (AvgIpc) is 2.51. The fourth-order valence-corrected chi connectivity index (χ4v) is 1.38. The van der Waals surface area contributed by atoms with E-state index in [1.165, 1.54) is 18.2 Å². The van der Waals surface area contributed by atoms with E-state index < -0.39 is 18.0 Å². The zero-order valence-corrected chi connectivity index (χ0v) is 7.82. The van der Waals surface area contributed by atoms with Crippen LogP contribution in [0.15, 0.2) is 24.3 Å². The summed E-state index contributed by atoms with van der Waals surface area (Å²) >= 11 is 0. The lowest BCUT2D eigenvalue weighted by atomic mass is 10.3. The molecule has 0 bridgehead atoms. The minimum absolute atomic E-state index is 0.0438. The number of imidazole rings is 1. The second kappa shape index (κ2) is 3.22. The number of halogens is 3. The SMILES string of the molecule is Nc1nc2ccccc2n1C(=O)C(F)(F)F. The van der Waals surface area contributed by atoms with Gasteiger partial charge in [0.1, 0.15) is 0 Å². The molecule has 0 aliphatic rings. The first-order chi connectivity index (χ1) is 7.41. The first-order valence-corrected chi connectivity index (χ1v) is 4.26. The molecule has 7 heteroatoms. The van der Waals surface area contributed by atoms with Crippen molar-refractivity contribution in [3.8, 4) is 0 Å². The van der Waals surface area contributed by atoms with Gasteiger partial charge in [0.15, 0.2) is 0 Å². The molecule has 2 rings (SSSR count). The van der Waals surface area contributed by atoms with Gasteiger partial charge in [0.05, 0.1) is 11.0 Å². The normalized spacial score (nSPS) is 11.9. The van der Waals surface area contributed by atoms with Crippen molar-refractivity contribution in [1.82, 2.24) is 9.55 Å². The lowest BCUT2D eigenvalue weighted by Crippen LogP contribution is -2.29. The summed E-state index contributed by atoms with van der Waals surface area (Å²) < 4.78 is 37.2. The Labute approximate surface area is 87.5 Å². The van der Waals surface area contributed by atoms with Crippen LogP contribution >= 0.6 is 0 Å². The smallest absolute Gasteiger partial charge is 0.369 e. The minimum Gasteiger partial charge on any atom is -0.369 e. The Morgan fingerprint density at radius 3 is 2.56 bits per heavy atom. The number of fused-ring (bicyclic) bond motifs is 1. The molecule has 0 aliphatic carbocycles. The van der Waals surface area contributed by atoms with Crippen molar-refractivity contribution in [2.24, 2.45) is 0 Å². The summed E-state index contributed by atoms with van der Waals surface area (Å²) in [5.41, 5.74) is 5.57. The number of hydrogen-bond donors (Lipinski definition) is 1. The zero-order chi connectivity index (χ0) is 11.9. The van der Waals surface area contributed by atoms with E-state index in [1.54, 1.807) is 6.07 Å². The monoisotopic (exact) mass is 229 g/mol. The molecule has 1 aromatic heterocycles. The van der Waals surface area contributed by atoms with E-state index in [4.69, 9.17) is 5.73 Å². The van der Waals surface area contributed by atoms with Gasteiger partial charge in [-0.1, -0.05) is 12.1 Å². The van der Waals surface area contributed by atoms with E-state index in [9.17, 15) is 18.0 Å². The van der Waals surface area contributed by atoms with Gasteiger partial charge >= 0.3 is 12.1 Å². The summed E-state index contributed by atoms with van der Waals surface area (Å²) in [6.45, 7) is 0. The van der Waals surface area contributed by atoms with Crippen LogP contribution in [0.4, 0.5) is 19.1 Å². The van der Waals surface area contributed by atoms with Gasteiger partial charge in [0, 0.05) is 0 Å². The largest absolute Gasteiger partial charge is 0.472 e. The highest BCUT2D eigenvalue weighted by Crippen LogP contribution is 2.24. The molecule has 0 aliphatic heterocycles. The van der Waals surface area contributed by atoms with E-state index in [1.807, 2.05) is 0 Å². The molecule has 2 N–H and O–H groups in total. The number of rotatable bonds is 0. The van der Waals surface area contributed by atoms with Crippen molar-refractivity contribution in [1.29, 1.82) is 0 Å². The van der Waals surface area contributed by atoms with Crippen LogP contribution in [-0.4, -0.2) is 21.6 Å². The fourth-order valence-electron chi connectivity index (χ4n) is 1.38. The van der Waals surface area contributed by atoms with E-state index >= 15 is 0 Å². The van der Waals surface area contributed by atoms with Crippen molar-refractivity contribution in [3.63, 3.8) is 0 Å². The summed E-state index contributed by atoms with van der Waals surface area (Å²) in [7, 11) is 0. The molecule has 1 aromatic carbocycles. The highest BCUT2D eigenvalue weighted by molar-refractivity contribution is 5.96. The average molecular weight is 229 g/mol. The first kappa shape index (κ1) is 10.5. The number of anilines is 1. The number of alkyl halides is 3. The van der Waals surface area contributed by atoms with Crippen LogP contribution in [-0.2, 0) is 0 Å². The molecule has 0 unspecified atom stereocenters. The Bertz CT molecular complexity index is 559. The Morgan fingerprint density at radius 2 is 1.94 bits per heavy atom. The second-order valence-corrected chi connectivity index (χ2v) is 3.10. The maximum atomic E-state index is 12.3. The van der Waals surface area contributed by atoms with Crippen LogP contribution in [0.2, 0.25) is 0 Å². The lowest BCUT2D eigenvalue weighted by Gasteiger charge is -2.07. The molecule has 1 heterocycles. The van der Waals surface area contributed by atoms with Crippen molar-refractivity contribution in [2.45, 2.75) is 6.18 Å². The summed E-state index contributed by atoms with van der Waals surface area (Å²) in [6.07, 6.45) is -4.97. The van der Waals surface area contributed by atoms with E-state index in [0.29, 0.717) is 4.57 Å². The Morgan fingerprint density at radius 1 is 1.31 bits per heavy atom. The summed E-state index contributed by atoms with van der Waals surface area (Å²) in [5.74, 6) is -2.51. The molecule has 0 spiro atoms. The van der Waals surface area contributed by atoms with Crippen LogP contribution in [0.1, 0.15) is 4.79 Å². The van der Waals surface area contributed by atoms with Crippen LogP contribution < -0.4 is 5.73 Å². The number of nitrogens with zero attached hydrogens (tertiary/aromatic N) is 2. The predicted octanol–water partition coefficient (Wildman–Crippen LogP) is 1.82. The molecular formula is C9H6F3N3O. The maximum absolute atomic E-state index is 12.3. The fraction of sp³-hybridized carbons (Fsp3) is 0.111. The zero-order valence-electron chi connectivity index (χ0n) is 7.82. The lowest BCUT2D eigenvalue weighted by molar-refractivity contribution is -0.0941. The standard InChI is InChI=1S/C9H6F3N3O/c10-9(11,12)7(16)15-6-4-2-1-3-5(6)14-8(15)13/h1-4H,(H2,13,14). The van der Waals surface area contributed by atoms with Gasteiger partial charge < -0.3 is 5.73 Å². The Kier molecular flexibility index (Phi) is 2.11. The second-order valence-electron chi connectivity index (χ2n) is 3.10. The topological polar surface area (TPSA) is 60.9 Å². The quantitative estimate of drug-likeness (QED) is 0.749. The van der Waals surface area contributed by atoms with Gasteiger partial charge in [0.2, 0.25) is 5.95 Å². The van der Waals surface area contributed by atoms with E-state index in [-0.39, 0.29) is 11.0 Å². The number of aromatic nitrogens is 2. The molecule has 4 nitrogen and oxygen atoms in total. The minimum atomic E-state index is -4.97. The number of para-hydroxylation sites is 2. The van der Waals surface area contributed by atoms with E-state index in [2.05, 4.69) is 4.98 Å². The molecule has 0 saturated heterocycles. The highest BCUT2D eigenvalue weighted by Gasteiger charge is 2.41. The summed E-state index contributed by atoms with van der Waals surface area (Å²) in [6, 6.07) is 5.93. The summed E-state index contributed by atoms with van der Waals surface area (Å²) in [4.78, 5) is 14.7. The first-order valence-electron chi connectivity index (χ1n) is 4.26. The number of carbonyl (C=O) groups is 1. The summed E-state index contributed by atoms with van der Waals surface area (Å²) in [5, 5.41) is 0. The van der Waals surface area contributed by atoms with Crippen LogP contribution in [0.3, 0.4) is 0 Å². The van der Waals surface area contributed by atoms with Gasteiger partial charge in [-0.2, -0.15) is 13.2 Å². The molecule has 2 aromatic rings. The molecule has 0 atom stereocenters. The molecule has 0 radical (unpaired) electrons. The van der Waals surface area contributed by atoms with E-state index in [0.717, 1.165) is 0 Å². The third kappa shape index (κ3) is 1.50. The van der Waals surface area contributed by atoms with Gasteiger partial charge in [-0.05, 0) is 12.1 Å². The molecule has 0 saturated carbocycles. The molecule has 16 heavy (non-hydrogen) atoms. The number of carbonyl (C=O) groups excluding carboxylic acids is 1. The van der Waals surface area contributed by atoms with Crippen LogP contribution in [0.25, 0.3) is 11.0 Å². The highest BCUT2D eigenvalue weighted by atomic mass is 19.4. The number of hydrogen-bond acceptors (Lipinski definition) is 3. The van der Waals surface area contributed by atoms with Crippen molar-refractivity contribution < 1.29 is 18.0 Å². The molecule has 84 valence electrons. The third-order valence-corrected chi connectivity index (χ3v) is 2.03. The number of nitrogens with two attached hydrogens (primary N) is 1.